The maximum absolute atomic E-state index is 13.0. The van der Waals surface area contributed by atoms with Crippen molar-refractivity contribution < 1.29 is 13.9 Å². The molecule has 0 aliphatic rings. The van der Waals surface area contributed by atoms with Crippen LogP contribution in [-0.2, 0) is 16.0 Å². The Kier molecular flexibility index (Phi) is 4.93. The van der Waals surface area contributed by atoms with Crippen molar-refractivity contribution in [1.82, 2.24) is 0 Å². The molecule has 0 amide bonds. The Labute approximate surface area is 103 Å². The summed E-state index contributed by atoms with van der Waals surface area (Å²) in [7, 11) is 0. The van der Waals surface area contributed by atoms with E-state index in [4.69, 9.17) is 4.74 Å². The first kappa shape index (κ1) is 13.2. The number of esters is 1. The van der Waals surface area contributed by atoms with Gasteiger partial charge in [0.1, 0.15) is 10.6 Å². The number of halogens is 2. The third-order valence-electron chi connectivity index (χ3n) is 2.18. The highest BCUT2D eigenvalue weighted by Crippen LogP contribution is 2.15. The molecular formula is C12H14BrFO2. The molecule has 1 aromatic rings. The minimum Gasteiger partial charge on any atom is -0.465 e. The van der Waals surface area contributed by atoms with Gasteiger partial charge in [0, 0.05) is 0 Å². The topological polar surface area (TPSA) is 26.3 Å². The van der Waals surface area contributed by atoms with Gasteiger partial charge in [-0.25, -0.2) is 4.39 Å². The van der Waals surface area contributed by atoms with E-state index in [1.807, 2.05) is 0 Å². The van der Waals surface area contributed by atoms with E-state index < -0.39 is 0 Å². The van der Waals surface area contributed by atoms with Crippen molar-refractivity contribution in [3.63, 3.8) is 0 Å². The number of rotatable bonds is 4. The molecule has 0 aliphatic heterocycles. The average Bonchev–Trinajstić information content (AvgIpc) is 2.24. The van der Waals surface area contributed by atoms with Gasteiger partial charge in [-0.2, -0.15) is 0 Å². The highest BCUT2D eigenvalue weighted by Gasteiger charge is 2.16. The molecule has 0 saturated heterocycles. The van der Waals surface area contributed by atoms with E-state index in [0.717, 1.165) is 5.56 Å². The van der Waals surface area contributed by atoms with E-state index in [1.54, 1.807) is 26.0 Å². The van der Waals surface area contributed by atoms with Crippen LogP contribution >= 0.6 is 15.9 Å². The number of carbonyl (C=O) groups is 1. The number of hydrogen-bond donors (Lipinski definition) is 0. The van der Waals surface area contributed by atoms with E-state index in [0.29, 0.717) is 18.6 Å². The molecule has 1 rings (SSSR count). The molecule has 0 spiro atoms. The summed E-state index contributed by atoms with van der Waals surface area (Å²) in [6, 6.07) is 4.83. The van der Waals surface area contributed by atoms with Crippen LogP contribution in [0.25, 0.3) is 0 Å². The summed E-state index contributed by atoms with van der Waals surface area (Å²) in [5, 5.41) is 0. The highest BCUT2D eigenvalue weighted by molar-refractivity contribution is 9.10. The molecule has 0 saturated carbocycles. The summed E-state index contributed by atoms with van der Waals surface area (Å²) in [4.78, 5) is 11.0. The van der Waals surface area contributed by atoms with Gasteiger partial charge in [0.05, 0.1) is 6.61 Å². The Morgan fingerprint density at radius 1 is 1.56 bits per heavy atom. The van der Waals surface area contributed by atoms with Gasteiger partial charge in [0.2, 0.25) is 0 Å². The van der Waals surface area contributed by atoms with Crippen LogP contribution in [0.5, 0.6) is 0 Å². The second-order valence-corrected chi connectivity index (χ2v) is 4.61. The number of hydrogen-bond acceptors (Lipinski definition) is 2. The van der Waals surface area contributed by atoms with Crippen LogP contribution in [0.1, 0.15) is 18.1 Å². The van der Waals surface area contributed by atoms with Gasteiger partial charge >= 0.3 is 5.97 Å². The Balaban J connectivity index is 2.66. The zero-order chi connectivity index (χ0) is 12.1. The number of ether oxygens (including phenoxy) is 1. The highest BCUT2D eigenvalue weighted by atomic mass is 79.9. The number of alkyl halides is 1. The van der Waals surface area contributed by atoms with Gasteiger partial charge < -0.3 is 4.74 Å². The van der Waals surface area contributed by atoms with Gasteiger partial charge in [-0.3, -0.25) is 4.79 Å². The summed E-state index contributed by atoms with van der Waals surface area (Å²) < 4.78 is 17.9. The summed E-state index contributed by atoms with van der Waals surface area (Å²) in [6.07, 6.45) is 0.500. The lowest BCUT2D eigenvalue weighted by Gasteiger charge is -2.09. The predicted molar refractivity (Wildman–Crippen MR) is 64.2 cm³/mol. The predicted octanol–water partition coefficient (Wildman–Crippen LogP) is 3.00. The molecule has 4 heteroatoms. The second-order valence-electron chi connectivity index (χ2n) is 3.51. The normalized spacial score (nSPS) is 12.2. The van der Waals surface area contributed by atoms with Gasteiger partial charge in [-0.05, 0) is 37.5 Å². The molecule has 1 atom stereocenters. The number of carbonyl (C=O) groups excluding carboxylic acids is 1. The lowest BCUT2D eigenvalue weighted by molar-refractivity contribution is -0.142. The molecule has 16 heavy (non-hydrogen) atoms. The van der Waals surface area contributed by atoms with Gasteiger partial charge in [-0.15, -0.1) is 0 Å². The maximum Gasteiger partial charge on any atom is 0.320 e. The van der Waals surface area contributed by atoms with Gasteiger partial charge in [0.25, 0.3) is 0 Å². The largest absolute Gasteiger partial charge is 0.465 e. The van der Waals surface area contributed by atoms with E-state index in [9.17, 15) is 9.18 Å². The van der Waals surface area contributed by atoms with Crippen molar-refractivity contribution in [3.8, 4) is 0 Å². The Bertz CT molecular complexity index is 379. The number of benzene rings is 1. The molecule has 0 aromatic heterocycles. The van der Waals surface area contributed by atoms with Crippen LogP contribution in [0, 0.1) is 12.7 Å². The molecule has 0 N–H and O–H groups in total. The first-order valence-corrected chi connectivity index (χ1v) is 6.02. The SMILES string of the molecule is CCOC(=O)C(Br)Cc1ccc(F)c(C)c1. The monoisotopic (exact) mass is 288 g/mol. The van der Waals surface area contributed by atoms with Crippen LogP contribution in [0.2, 0.25) is 0 Å². The molecule has 0 bridgehead atoms. The molecule has 0 heterocycles. The molecule has 0 radical (unpaired) electrons. The first-order chi connectivity index (χ1) is 7.54. The van der Waals surface area contributed by atoms with E-state index >= 15 is 0 Å². The van der Waals surface area contributed by atoms with Crippen molar-refractivity contribution >= 4 is 21.9 Å². The summed E-state index contributed by atoms with van der Waals surface area (Å²) in [5.41, 5.74) is 1.50. The standard InChI is InChI=1S/C12H14BrFO2/c1-3-16-12(15)10(13)7-9-4-5-11(14)8(2)6-9/h4-6,10H,3,7H2,1-2H3. The average molecular weight is 289 g/mol. The second kappa shape index (κ2) is 5.99. The lowest BCUT2D eigenvalue weighted by Crippen LogP contribution is -2.19. The van der Waals surface area contributed by atoms with E-state index in [1.165, 1.54) is 6.07 Å². The van der Waals surface area contributed by atoms with Crippen LogP contribution in [-0.4, -0.2) is 17.4 Å². The fraction of sp³-hybridized carbons (Fsp3) is 0.417. The third kappa shape index (κ3) is 3.59. The van der Waals surface area contributed by atoms with Crippen LogP contribution in [0.4, 0.5) is 4.39 Å². The van der Waals surface area contributed by atoms with Crippen molar-refractivity contribution in [1.29, 1.82) is 0 Å². The van der Waals surface area contributed by atoms with Crippen molar-refractivity contribution in [2.45, 2.75) is 25.1 Å². The molecule has 1 unspecified atom stereocenters. The zero-order valence-corrected chi connectivity index (χ0v) is 10.9. The summed E-state index contributed by atoms with van der Waals surface area (Å²) in [5.74, 6) is -0.518. The van der Waals surface area contributed by atoms with Gasteiger partial charge in [-0.1, -0.05) is 28.1 Å². The van der Waals surface area contributed by atoms with E-state index in [-0.39, 0.29) is 16.6 Å². The molecular weight excluding hydrogens is 275 g/mol. The van der Waals surface area contributed by atoms with Crippen LogP contribution < -0.4 is 0 Å². The smallest absolute Gasteiger partial charge is 0.320 e. The van der Waals surface area contributed by atoms with Crippen LogP contribution in [0.3, 0.4) is 0 Å². The lowest BCUT2D eigenvalue weighted by atomic mass is 10.1. The Morgan fingerprint density at radius 3 is 2.81 bits per heavy atom. The fourth-order valence-electron chi connectivity index (χ4n) is 1.36. The quantitative estimate of drug-likeness (QED) is 0.629. The maximum atomic E-state index is 13.0. The Hall–Kier alpha value is -0.900. The summed E-state index contributed by atoms with van der Waals surface area (Å²) in [6.45, 7) is 3.83. The van der Waals surface area contributed by atoms with Crippen LogP contribution in [0.15, 0.2) is 18.2 Å². The Morgan fingerprint density at radius 2 is 2.25 bits per heavy atom. The fourth-order valence-corrected chi connectivity index (χ4v) is 1.86. The summed E-state index contributed by atoms with van der Waals surface area (Å²) >= 11 is 3.26. The minimum atomic E-state index is -0.377. The molecule has 1 aromatic carbocycles. The first-order valence-electron chi connectivity index (χ1n) is 5.10. The van der Waals surface area contributed by atoms with Crippen molar-refractivity contribution in [2.75, 3.05) is 6.61 Å². The molecule has 88 valence electrons. The van der Waals surface area contributed by atoms with E-state index in [2.05, 4.69) is 15.9 Å². The van der Waals surface area contributed by atoms with Gasteiger partial charge in [0.15, 0.2) is 0 Å². The van der Waals surface area contributed by atoms with Crippen molar-refractivity contribution in [2.24, 2.45) is 0 Å². The zero-order valence-electron chi connectivity index (χ0n) is 9.30. The minimum absolute atomic E-state index is 0.231. The molecule has 0 fully saturated rings. The molecule has 2 nitrogen and oxygen atoms in total. The van der Waals surface area contributed by atoms with Crippen molar-refractivity contribution in [3.05, 3.63) is 35.1 Å². The molecule has 0 aliphatic carbocycles. The number of aryl methyl sites for hydroxylation is 1. The third-order valence-corrected chi connectivity index (χ3v) is 2.88.